The predicted octanol–water partition coefficient (Wildman–Crippen LogP) is 4.87. The van der Waals surface area contributed by atoms with E-state index in [1.165, 1.54) is 7.11 Å². The number of carbonyl (C=O) groups is 2. The first kappa shape index (κ1) is 34.8. The van der Waals surface area contributed by atoms with Crippen molar-refractivity contribution in [2.75, 3.05) is 20.3 Å². The van der Waals surface area contributed by atoms with Gasteiger partial charge in [-0.3, -0.25) is 5.43 Å². The van der Waals surface area contributed by atoms with Crippen LogP contribution >= 0.6 is 45.2 Å². The molecule has 1 aliphatic rings. The molecule has 4 N–H and O–H groups in total. The molecule has 2 amide bonds. The smallest absolute Gasteiger partial charge is 0.337 e. The fourth-order valence-electron chi connectivity index (χ4n) is 4.55. The number of urea groups is 1. The lowest BCUT2D eigenvalue weighted by Crippen LogP contribution is -2.45. The van der Waals surface area contributed by atoms with Crippen molar-refractivity contribution in [1.82, 2.24) is 16.1 Å². The maximum atomic E-state index is 12.5. The summed E-state index contributed by atoms with van der Waals surface area (Å²) in [7, 11) is 1.27. The molecule has 1 heterocycles. The van der Waals surface area contributed by atoms with Crippen molar-refractivity contribution in [2.24, 2.45) is 5.10 Å². The monoisotopic (exact) mass is 851 g/mol. The number of hydrazone groups is 1. The predicted molar refractivity (Wildman–Crippen MR) is 186 cm³/mol. The van der Waals surface area contributed by atoms with Gasteiger partial charge in [-0.25, -0.2) is 9.59 Å². The molecule has 1 aliphatic heterocycles. The normalized spacial score (nSPS) is 15.0. The van der Waals surface area contributed by atoms with Crippen LogP contribution in [0.25, 0.3) is 0 Å². The lowest BCUT2D eigenvalue weighted by atomic mass is 9.95. The van der Waals surface area contributed by atoms with Gasteiger partial charge in [0.05, 0.1) is 46.7 Å². The maximum absolute atomic E-state index is 12.5. The lowest BCUT2D eigenvalue weighted by molar-refractivity contribution is -0.136. The van der Waals surface area contributed by atoms with Gasteiger partial charge in [-0.2, -0.15) is 10.4 Å². The highest BCUT2D eigenvalue weighted by Gasteiger charge is 2.32. The topological polar surface area (TPSA) is 164 Å². The van der Waals surface area contributed by atoms with Crippen LogP contribution in [0, 0.1) is 18.5 Å². The summed E-state index contributed by atoms with van der Waals surface area (Å²) in [6.45, 7) is 3.79. The summed E-state index contributed by atoms with van der Waals surface area (Å²) in [6, 6.07) is 17.1. The fraction of sp³-hybridized carbons (Fsp3) is 0.250. The number of hydrogen-bond donors (Lipinski definition) is 4. The van der Waals surface area contributed by atoms with Gasteiger partial charge in [-0.05, 0) is 94.9 Å². The fourth-order valence-corrected chi connectivity index (χ4v) is 6.59. The van der Waals surface area contributed by atoms with Crippen LogP contribution in [-0.2, 0) is 16.1 Å². The van der Waals surface area contributed by atoms with Gasteiger partial charge in [0, 0.05) is 20.4 Å². The third kappa shape index (κ3) is 8.79. The van der Waals surface area contributed by atoms with Gasteiger partial charge < -0.3 is 34.7 Å². The molecule has 0 fully saturated rings. The van der Waals surface area contributed by atoms with Crippen molar-refractivity contribution in [3.63, 3.8) is 0 Å². The summed E-state index contributed by atoms with van der Waals surface area (Å²) >= 11 is 4.39. The lowest BCUT2D eigenvalue weighted by Gasteiger charge is -2.28. The Morgan fingerprint density at radius 2 is 1.93 bits per heavy atom. The Labute approximate surface area is 293 Å². The van der Waals surface area contributed by atoms with E-state index in [4.69, 9.17) is 18.9 Å². The number of ether oxygens (including phenoxy) is 4. The molecule has 0 radical (unpaired) electrons. The molecule has 0 aliphatic carbocycles. The molecule has 0 unspecified atom stereocenters. The summed E-state index contributed by atoms with van der Waals surface area (Å²) in [5.41, 5.74) is 5.87. The second-order valence-corrected chi connectivity index (χ2v) is 12.2. The summed E-state index contributed by atoms with van der Waals surface area (Å²) in [4.78, 5) is 24.7. The summed E-state index contributed by atoms with van der Waals surface area (Å²) in [5.74, 6) is 0.720. The van der Waals surface area contributed by atoms with Crippen LogP contribution in [0.5, 0.6) is 17.2 Å². The molecule has 0 saturated carbocycles. The minimum Gasteiger partial charge on any atom is -0.490 e. The number of hydrogen-bond acceptors (Lipinski definition) is 10. The summed E-state index contributed by atoms with van der Waals surface area (Å²) in [5, 5.41) is 29.5. The van der Waals surface area contributed by atoms with E-state index in [0.29, 0.717) is 46.2 Å². The van der Waals surface area contributed by atoms with E-state index in [-0.39, 0.29) is 18.8 Å². The Hall–Kier alpha value is -4.08. The Balaban J connectivity index is 1.43. The SMILES string of the molecule is CCOc1cc([C@@H]2NC(=O)NC(C)=C2C(=O)OC)ccc1OC[C@H](O)N/N=C/c1cc(I)cc(I)c1OCc1ccccc1C#N. The summed E-state index contributed by atoms with van der Waals surface area (Å²) in [6.07, 6.45) is 0.362. The van der Waals surface area contributed by atoms with Crippen LogP contribution in [0.3, 0.4) is 0 Å². The highest BCUT2D eigenvalue weighted by atomic mass is 127. The molecule has 46 heavy (non-hydrogen) atoms. The molecule has 0 aromatic heterocycles. The van der Waals surface area contributed by atoms with Gasteiger partial charge in [0.2, 0.25) is 0 Å². The van der Waals surface area contributed by atoms with Gasteiger partial charge in [0.25, 0.3) is 0 Å². The van der Waals surface area contributed by atoms with E-state index < -0.39 is 24.3 Å². The molecule has 3 aromatic carbocycles. The van der Waals surface area contributed by atoms with E-state index in [9.17, 15) is 20.0 Å². The number of halogens is 2. The number of carbonyl (C=O) groups excluding carboxylic acids is 2. The number of amides is 2. The molecule has 12 nitrogen and oxygen atoms in total. The Kier molecular flexibility index (Phi) is 12.5. The van der Waals surface area contributed by atoms with Crippen LogP contribution in [0.4, 0.5) is 4.79 Å². The number of esters is 1. The van der Waals surface area contributed by atoms with Gasteiger partial charge in [-0.15, -0.1) is 0 Å². The van der Waals surface area contributed by atoms with Gasteiger partial charge >= 0.3 is 12.0 Å². The third-order valence-corrected chi connectivity index (χ3v) is 8.07. The molecule has 0 bridgehead atoms. The second kappa shape index (κ2) is 16.5. The van der Waals surface area contributed by atoms with Crippen molar-refractivity contribution in [2.45, 2.75) is 32.7 Å². The molecular weight excluding hydrogens is 820 g/mol. The zero-order valence-electron chi connectivity index (χ0n) is 25.1. The van der Waals surface area contributed by atoms with Crippen molar-refractivity contribution in [1.29, 1.82) is 5.26 Å². The Bertz CT molecular complexity index is 1710. The highest BCUT2D eigenvalue weighted by molar-refractivity contribution is 14.1. The highest BCUT2D eigenvalue weighted by Crippen LogP contribution is 2.35. The molecule has 0 saturated heterocycles. The van der Waals surface area contributed by atoms with E-state index in [1.54, 1.807) is 43.5 Å². The molecule has 2 atom stereocenters. The van der Waals surface area contributed by atoms with E-state index >= 15 is 0 Å². The average Bonchev–Trinajstić information content (AvgIpc) is 3.03. The Morgan fingerprint density at radius 1 is 1.15 bits per heavy atom. The van der Waals surface area contributed by atoms with Crippen molar-refractivity contribution < 1.29 is 33.6 Å². The number of methoxy groups -OCH3 is 1. The Morgan fingerprint density at radius 3 is 2.67 bits per heavy atom. The van der Waals surface area contributed by atoms with E-state index in [2.05, 4.69) is 72.4 Å². The van der Waals surface area contributed by atoms with Crippen LogP contribution in [0.2, 0.25) is 0 Å². The maximum Gasteiger partial charge on any atom is 0.337 e. The number of rotatable bonds is 13. The van der Waals surface area contributed by atoms with Crippen molar-refractivity contribution in [3.05, 3.63) is 95.3 Å². The number of aliphatic hydroxyl groups excluding tert-OH is 1. The molecule has 4 rings (SSSR count). The quantitative estimate of drug-likeness (QED) is 0.0619. The average molecular weight is 851 g/mol. The number of nitrogens with zero attached hydrogens (tertiary/aromatic N) is 2. The first-order valence-electron chi connectivity index (χ1n) is 14.0. The van der Waals surface area contributed by atoms with E-state index in [1.807, 2.05) is 31.2 Å². The number of aliphatic hydroxyl groups is 1. The standard InChI is InChI=1S/C32H31I2N5O7/c1-4-44-26-12-19(29-28(31(41)43-3)18(2)37-32(42)38-29)9-10-25(26)45-17-27(40)39-36-15-22-11-23(33)13-24(34)30(22)46-16-21-8-6-5-7-20(21)14-35/h5-13,15,27,29,39-40H,4,16-17H2,1-3H3,(H2,37,38,42)/b36-15+/t27-,29-/m0/s1. The number of benzene rings is 3. The molecule has 14 heteroatoms. The summed E-state index contributed by atoms with van der Waals surface area (Å²) < 4.78 is 24.5. The van der Waals surface area contributed by atoms with Crippen LogP contribution in [0.15, 0.2) is 71.0 Å². The zero-order chi connectivity index (χ0) is 33.2. The van der Waals surface area contributed by atoms with Gasteiger partial charge in [0.1, 0.15) is 19.0 Å². The van der Waals surface area contributed by atoms with Crippen LogP contribution < -0.4 is 30.3 Å². The number of nitrogens with one attached hydrogen (secondary N) is 3. The van der Waals surface area contributed by atoms with Crippen molar-refractivity contribution >= 4 is 63.4 Å². The second-order valence-electron chi connectivity index (χ2n) is 9.78. The van der Waals surface area contributed by atoms with Gasteiger partial charge in [-0.1, -0.05) is 24.3 Å². The van der Waals surface area contributed by atoms with Gasteiger partial charge in [0.15, 0.2) is 17.7 Å². The first-order chi connectivity index (χ1) is 22.1. The van der Waals surface area contributed by atoms with E-state index in [0.717, 1.165) is 12.7 Å². The third-order valence-electron chi connectivity index (χ3n) is 6.65. The number of allylic oxidation sites excluding steroid dienone is 1. The number of nitriles is 1. The molecular formula is C32H31I2N5O7. The van der Waals surface area contributed by atoms with Crippen LogP contribution in [-0.4, -0.2) is 49.9 Å². The van der Waals surface area contributed by atoms with Crippen molar-refractivity contribution in [3.8, 4) is 23.3 Å². The largest absolute Gasteiger partial charge is 0.490 e. The minimum atomic E-state index is -1.18. The molecule has 3 aromatic rings. The molecule has 240 valence electrons. The van der Waals surface area contributed by atoms with Crippen LogP contribution in [0.1, 0.15) is 42.1 Å². The molecule has 0 spiro atoms. The zero-order valence-corrected chi connectivity index (χ0v) is 29.4. The first-order valence-corrected chi connectivity index (χ1v) is 16.1. The minimum absolute atomic E-state index is 0.175.